The van der Waals surface area contributed by atoms with Crippen molar-refractivity contribution in [2.75, 3.05) is 19.0 Å². The Morgan fingerprint density at radius 3 is 2.20 bits per heavy atom. The van der Waals surface area contributed by atoms with Gasteiger partial charge in [-0.15, -0.1) is 0 Å². The number of aliphatic imine (C=N–C) groups is 1. The van der Waals surface area contributed by atoms with E-state index in [1.165, 1.54) is 11.1 Å². The Hall–Kier alpha value is -1.55. The average molecular weight is 206 g/mol. The van der Waals surface area contributed by atoms with Gasteiger partial charge >= 0.3 is 0 Å². The highest BCUT2D eigenvalue weighted by Crippen LogP contribution is 2.17. The molecule has 3 N–H and O–H groups in total. The predicted molar refractivity (Wildman–Crippen MR) is 65.0 cm³/mol. The number of nitrogens with one attached hydrogen (secondary N) is 1. The molecule has 0 aliphatic heterocycles. The fraction of sp³-hybridized carbons (Fsp3) is 0.364. The van der Waals surface area contributed by atoms with Crippen LogP contribution in [0.4, 0.5) is 5.69 Å². The van der Waals surface area contributed by atoms with Crippen LogP contribution in [0.2, 0.25) is 0 Å². The maximum Gasteiger partial charge on any atom is 0.212 e. The maximum absolute atomic E-state index is 5.38. The summed E-state index contributed by atoms with van der Waals surface area (Å²) in [6.07, 6.45) is 0. The van der Waals surface area contributed by atoms with Crippen molar-refractivity contribution in [1.82, 2.24) is 5.43 Å². The molecule has 0 saturated carbocycles. The number of rotatable bonds is 1. The molecule has 0 saturated heterocycles. The molecule has 0 amide bonds. The van der Waals surface area contributed by atoms with Crippen LogP contribution in [0.15, 0.2) is 23.2 Å². The zero-order valence-electron chi connectivity index (χ0n) is 9.70. The standard InChI is InChI=1S/C11H18N4/c1-8-5-9(2)7-10(6-8)15(4)11(13-3)14-12/h5-7H,12H2,1-4H3,(H,13,14). The Balaban J connectivity index is 3.05. The lowest BCUT2D eigenvalue weighted by Gasteiger charge is -2.21. The van der Waals surface area contributed by atoms with Crippen LogP contribution in [0.1, 0.15) is 11.1 Å². The van der Waals surface area contributed by atoms with Crippen molar-refractivity contribution in [3.05, 3.63) is 29.3 Å². The quantitative estimate of drug-likeness (QED) is 0.314. The van der Waals surface area contributed by atoms with E-state index in [0.717, 1.165) is 5.69 Å². The first kappa shape index (κ1) is 11.5. The molecule has 0 aliphatic carbocycles. The summed E-state index contributed by atoms with van der Waals surface area (Å²) in [5, 5.41) is 0. The van der Waals surface area contributed by atoms with Crippen molar-refractivity contribution < 1.29 is 0 Å². The molecular weight excluding hydrogens is 188 g/mol. The Morgan fingerprint density at radius 2 is 1.80 bits per heavy atom. The summed E-state index contributed by atoms with van der Waals surface area (Å²) in [6, 6.07) is 6.32. The summed E-state index contributed by atoms with van der Waals surface area (Å²) in [7, 11) is 3.63. The first-order chi connectivity index (χ1) is 7.08. The van der Waals surface area contributed by atoms with Gasteiger partial charge in [0.05, 0.1) is 0 Å². The fourth-order valence-electron chi connectivity index (χ4n) is 1.58. The summed E-state index contributed by atoms with van der Waals surface area (Å²) in [6.45, 7) is 4.14. The van der Waals surface area contributed by atoms with Gasteiger partial charge in [0.25, 0.3) is 0 Å². The molecule has 1 aromatic rings. The predicted octanol–water partition coefficient (Wildman–Crippen LogP) is 1.19. The number of hydrazine groups is 1. The highest BCUT2D eigenvalue weighted by molar-refractivity contribution is 5.95. The van der Waals surface area contributed by atoms with Gasteiger partial charge in [0, 0.05) is 19.8 Å². The molecule has 1 rings (SSSR count). The largest absolute Gasteiger partial charge is 0.315 e. The second-order valence-corrected chi connectivity index (χ2v) is 3.60. The van der Waals surface area contributed by atoms with Gasteiger partial charge in [-0.3, -0.25) is 10.4 Å². The molecule has 15 heavy (non-hydrogen) atoms. The molecule has 0 unspecified atom stereocenters. The van der Waals surface area contributed by atoms with Crippen LogP contribution in [-0.4, -0.2) is 20.1 Å². The second kappa shape index (κ2) is 4.79. The number of hydrogen-bond acceptors (Lipinski definition) is 2. The van der Waals surface area contributed by atoms with E-state index >= 15 is 0 Å². The molecule has 0 fully saturated rings. The maximum atomic E-state index is 5.38. The van der Waals surface area contributed by atoms with Crippen LogP contribution in [0.3, 0.4) is 0 Å². The SMILES string of the molecule is CN=C(NN)N(C)c1cc(C)cc(C)c1. The molecular formula is C11H18N4. The normalized spacial score (nSPS) is 11.4. The van der Waals surface area contributed by atoms with E-state index in [1.807, 2.05) is 11.9 Å². The van der Waals surface area contributed by atoms with E-state index < -0.39 is 0 Å². The number of nitrogens with zero attached hydrogens (tertiary/aromatic N) is 2. The van der Waals surface area contributed by atoms with Crippen LogP contribution < -0.4 is 16.2 Å². The van der Waals surface area contributed by atoms with Crippen LogP contribution in [0.5, 0.6) is 0 Å². The molecule has 0 heterocycles. The van der Waals surface area contributed by atoms with Crippen LogP contribution in [0, 0.1) is 13.8 Å². The molecule has 0 atom stereocenters. The molecule has 82 valence electrons. The Morgan fingerprint density at radius 1 is 1.27 bits per heavy atom. The van der Waals surface area contributed by atoms with E-state index in [4.69, 9.17) is 5.84 Å². The van der Waals surface area contributed by atoms with E-state index in [9.17, 15) is 0 Å². The van der Waals surface area contributed by atoms with Crippen molar-refractivity contribution >= 4 is 11.6 Å². The minimum atomic E-state index is 0.639. The van der Waals surface area contributed by atoms with E-state index in [1.54, 1.807) is 7.05 Å². The molecule has 0 aliphatic rings. The summed E-state index contributed by atoms with van der Waals surface area (Å²) in [4.78, 5) is 5.97. The van der Waals surface area contributed by atoms with Gasteiger partial charge in [-0.25, -0.2) is 5.84 Å². The lowest BCUT2D eigenvalue weighted by molar-refractivity contribution is 0.970. The number of anilines is 1. The molecule has 0 aromatic heterocycles. The monoisotopic (exact) mass is 206 g/mol. The van der Waals surface area contributed by atoms with Crippen LogP contribution in [0.25, 0.3) is 0 Å². The zero-order chi connectivity index (χ0) is 11.4. The number of aryl methyl sites for hydroxylation is 2. The zero-order valence-corrected chi connectivity index (χ0v) is 9.70. The van der Waals surface area contributed by atoms with Gasteiger partial charge in [0.1, 0.15) is 0 Å². The average Bonchev–Trinajstić information content (AvgIpc) is 2.18. The summed E-state index contributed by atoms with van der Waals surface area (Å²) >= 11 is 0. The number of hydrogen-bond donors (Lipinski definition) is 2. The van der Waals surface area contributed by atoms with Crippen molar-refractivity contribution in [3.63, 3.8) is 0 Å². The van der Waals surface area contributed by atoms with Gasteiger partial charge in [0.15, 0.2) is 0 Å². The highest BCUT2D eigenvalue weighted by Gasteiger charge is 2.07. The second-order valence-electron chi connectivity index (χ2n) is 3.60. The van der Waals surface area contributed by atoms with Crippen molar-refractivity contribution in [1.29, 1.82) is 0 Å². The highest BCUT2D eigenvalue weighted by atomic mass is 15.4. The smallest absolute Gasteiger partial charge is 0.212 e. The summed E-state index contributed by atoms with van der Waals surface area (Å²) < 4.78 is 0. The molecule has 1 aromatic carbocycles. The Labute approximate surface area is 90.8 Å². The summed E-state index contributed by atoms with van der Waals surface area (Å²) in [5.74, 6) is 6.01. The number of benzene rings is 1. The van der Waals surface area contributed by atoms with Crippen molar-refractivity contribution in [2.45, 2.75) is 13.8 Å². The van der Waals surface area contributed by atoms with E-state index in [-0.39, 0.29) is 0 Å². The minimum absolute atomic E-state index is 0.639. The number of nitrogens with two attached hydrogens (primary N) is 1. The van der Waals surface area contributed by atoms with Gasteiger partial charge in [-0.2, -0.15) is 0 Å². The lowest BCUT2D eigenvalue weighted by atomic mass is 10.1. The molecule has 0 bridgehead atoms. The number of guanidine groups is 1. The lowest BCUT2D eigenvalue weighted by Crippen LogP contribution is -2.42. The third-order valence-electron chi connectivity index (χ3n) is 2.25. The van der Waals surface area contributed by atoms with Crippen molar-refractivity contribution in [3.8, 4) is 0 Å². The van der Waals surface area contributed by atoms with Crippen LogP contribution >= 0.6 is 0 Å². The van der Waals surface area contributed by atoms with E-state index in [2.05, 4.69) is 42.5 Å². The minimum Gasteiger partial charge on any atom is -0.315 e. The van der Waals surface area contributed by atoms with E-state index in [0.29, 0.717) is 5.96 Å². The molecule has 0 spiro atoms. The third kappa shape index (κ3) is 2.70. The van der Waals surface area contributed by atoms with Gasteiger partial charge in [-0.1, -0.05) is 6.07 Å². The topological polar surface area (TPSA) is 53.6 Å². The van der Waals surface area contributed by atoms with Crippen LogP contribution in [-0.2, 0) is 0 Å². The molecule has 4 nitrogen and oxygen atoms in total. The van der Waals surface area contributed by atoms with Gasteiger partial charge in [-0.05, 0) is 37.1 Å². The fourth-order valence-corrected chi connectivity index (χ4v) is 1.58. The Kier molecular flexibility index (Phi) is 3.68. The Bertz CT molecular complexity index is 351. The molecule has 4 heteroatoms. The van der Waals surface area contributed by atoms with Gasteiger partial charge < -0.3 is 4.90 Å². The summed E-state index contributed by atoms with van der Waals surface area (Å²) in [5.41, 5.74) is 6.09. The van der Waals surface area contributed by atoms with Crippen molar-refractivity contribution in [2.24, 2.45) is 10.8 Å². The first-order valence-corrected chi connectivity index (χ1v) is 4.84. The first-order valence-electron chi connectivity index (χ1n) is 4.84. The van der Waals surface area contributed by atoms with Gasteiger partial charge in [0.2, 0.25) is 5.96 Å². The molecule has 0 radical (unpaired) electrons. The third-order valence-corrected chi connectivity index (χ3v) is 2.25.